The lowest BCUT2D eigenvalue weighted by Crippen LogP contribution is -2.43. The molecule has 2 saturated heterocycles. The molecule has 1 amide bonds. The summed E-state index contributed by atoms with van der Waals surface area (Å²) in [5.74, 6) is 0.217. The van der Waals surface area contributed by atoms with Crippen LogP contribution in [0.1, 0.15) is 25.3 Å². The minimum Gasteiger partial charge on any atom is -0.349 e. The van der Waals surface area contributed by atoms with Gasteiger partial charge in [-0.25, -0.2) is 0 Å². The second kappa shape index (κ2) is 3.32. The van der Waals surface area contributed by atoms with Crippen molar-refractivity contribution in [3.63, 3.8) is 0 Å². The zero-order valence-electron chi connectivity index (χ0n) is 9.35. The van der Waals surface area contributed by atoms with Crippen LogP contribution >= 0.6 is 0 Å². The van der Waals surface area contributed by atoms with E-state index in [-0.39, 0.29) is 11.9 Å². The lowest BCUT2D eigenvalue weighted by molar-refractivity contribution is -0.145. The minimum absolute atomic E-state index is 0.217. The Morgan fingerprint density at radius 2 is 2.12 bits per heavy atom. The highest BCUT2D eigenvalue weighted by atomic mass is 16.5. The number of fused-ring (bicyclic) bond motifs is 1. The highest BCUT2D eigenvalue weighted by Crippen LogP contribution is 2.41. The number of hydrogen-bond acceptors (Lipinski definition) is 2. The van der Waals surface area contributed by atoms with Gasteiger partial charge < -0.3 is 9.64 Å². The Bertz CT molecular complexity index is 417. The van der Waals surface area contributed by atoms with Crippen LogP contribution in [-0.2, 0) is 15.3 Å². The predicted octanol–water partition coefficient (Wildman–Crippen LogP) is 1.88. The van der Waals surface area contributed by atoms with Gasteiger partial charge in [0.1, 0.15) is 0 Å². The van der Waals surface area contributed by atoms with Gasteiger partial charge in [0.05, 0.1) is 12.6 Å². The lowest BCUT2D eigenvalue weighted by atomic mass is 10.0. The Morgan fingerprint density at radius 1 is 1.38 bits per heavy atom. The summed E-state index contributed by atoms with van der Waals surface area (Å²) < 4.78 is 5.87. The van der Waals surface area contributed by atoms with E-state index in [2.05, 4.69) is 0 Å². The molecule has 2 aliphatic heterocycles. The Labute approximate surface area is 95.0 Å². The first-order valence-electron chi connectivity index (χ1n) is 5.73. The van der Waals surface area contributed by atoms with Crippen molar-refractivity contribution in [3.05, 3.63) is 35.9 Å². The summed E-state index contributed by atoms with van der Waals surface area (Å²) in [5.41, 5.74) is 0.507. The number of rotatable bonds is 1. The average Bonchev–Trinajstić information content (AvgIpc) is 2.84. The molecule has 0 aliphatic carbocycles. The third kappa shape index (κ3) is 1.21. The highest BCUT2D eigenvalue weighted by molar-refractivity contribution is 5.80. The highest BCUT2D eigenvalue weighted by Gasteiger charge is 2.50. The van der Waals surface area contributed by atoms with Crippen LogP contribution in [0.15, 0.2) is 30.3 Å². The summed E-state index contributed by atoms with van der Waals surface area (Å²) in [6, 6.07) is 10.3. The largest absolute Gasteiger partial charge is 0.349 e. The van der Waals surface area contributed by atoms with E-state index in [0.717, 1.165) is 12.0 Å². The molecule has 0 unspecified atom stereocenters. The van der Waals surface area contributed by atoms with Gasteiger partial charge in [-0.15, -0.1) is 0 Å². The van der Waals surface area contributed by atoms with Gasteiger partial charge in [-0.3, -0.25) is 4.79 Å². The van der Waals surface area contributed by atoms with Crippen LogP contribution < -0.4 is 0 Å². The van der Waals surface area contributed by atoms with Crippen LogP contribution in [0, 0.1) is 0 Å². The number of nitrogens with zero attached hydrogens (tertiary/aromatic N) is 1. The maximum Gasteiger partial charge on any atom is 0.225 e. The van der Waals surface area contributed by atoms with Crippen molar-refractivity contribution in [2.24, 2.45) is 0 Å². The molecular weight excluding hydrogens is 202 g/mol. The molecule has 2 atom stereocenters. The monoisotopic (exact) mass is 217 g/mol. The third-order valence-corrected chi connectivity index (χ3v) is 3.65. The summed E-state index contributed by atoms with van der Waals surface area (Å²) in [6.45, 7) is 2.66. The van der Waals surface area contributed by atoms with Gasteiger partial charge in [0.2, 0.25) is 5.91 Å². The van der Waals surface area contributed by atoms with E-state index in [1.54, 1.807) is 0 Å². The Kier molecular flexibility index (Phi) is 2.04. The first-order chi connectivity index (χ1) is 7.72. The van der Waals surface area contributed by atoms with Crippen molar-refractivity contribution >= 4 is 5.91 Å². The number of carbonyl (C=O) groups is 1. The van der Waals surface area contributed by atoms with Gasteiger partial charge in [-0.1, -0.05) is 30.3 Å². The normalized spacial score (nSPS) is 33.2. The van der Waals surface area contributed by atoms with Crippen molar-refractivity contribution < 1.29 is 9.53 Å². The first kappa shape index (κ1) is 9.85. The van der Waals surface area contributed by atoms with Gasteiger partial charge in [-0.2, -0.15) is 0 Å². The van der Waals surface area contributed by atoms with E-state index in [0.29, 0.717) is 13.0 Å². The molecular formula is C13H15NO2. The number of hydrogen-bond donors (Lipinski definition) is 0. The van der Waals surface area contributed by atoms with E-state index in [1.807, 2.05) is 42.2 Å². The zero-order chi connectivity index (χ0) is 11.2. The van der Waals surface area contributed by atoms with Gasteiger partial charge in [-0.05, 0) is 13.3 Å². The third-order valence-electron chi connectivity index (χ3n) is 3.65. The van der Waals surface area contributed by atoms with Crippen molar-refractivity contribution in [1.82, 2.24) is 4.90 Å². The summed E-state index contributed by atoms with van der Waals surface area (Å²) in [5, 5.41) is 0. The van der Waals surface area contributed by atoms with E-state index in [9.17, 15) is 4.79 Å². The fraction of sp³-hybridized carbons (Fsp3) is 0.462. The van der Waals surface area contributed by atoms with Crippen LogP contribution in [0.4, 0.5) is 0 Å². The minimum atomic E-state index is -0.556. The molecule has 0 bridgehead atoms. The molecule has 3 nitrogen and oxygen atoms in total. The second-order valence-electron chi connectivity index (χ2n) is 4.62. The van der Waals surface area contributed by atoms with Gasteiger partial charge in [0.25, 0.3) is 0 Å². The van der Waals surface area contributed by atoms with Crippen molar-refractivity contribution in [3.8, 4) is 0 Å². The maximum absolute atomic E-state index is 11.9. The fourth-order valence-electron chi connectivity index (χ4n) is 2.79. The van der Waals surface area contributed by atoms with E-state index < -0.39 is 5.72 Å². The van der Waals surface area contributed by atoms with E-state index in [4.69, 9.17) is 4.74 Å². The smallest absolute Gasteiger partial charge is 0.225 e. The summed E-state index contributed by atoms with van der Waals surface area (Å²) in [6.07, 6.45) is 1.59. The molecule has 3 heteroatoms. The molecule has 1 aromatic rings. The van der Waals surface area contributed by atoms with E-state index >= 15 is 0 Å². The number of amides is 1. The molecule has 0 spiro atoms. The number of ether oxygens (including phenoxy) is 1. The van der Waals surface area contributed by atoms with Crippen LogP contribution in [0.5, 0.6) is 0 Å². The number of benzene rings is 1. The Hall–Kier alpha value is -1.35. The molecule has 84 valence electrons. The van der Waals surface area contributed by atoms with Gasteiger partial charge >= 0.3 is 0 Å². The van der Waals surface area contributed by atoms with Gasteiger partial charge in [0.15, 0.2) is 5.72 Å². The lowest BCUT2D eigenvalue weighted by Gasteiger charge is -2.33. The Balaban J connectivity index is 2.02. The SMILES string of the molecule is C[C@]1(c2ccccc2)OC[C@@H]2CCC(=O)N21. The molecule has 0 radical (unpaired) electrons. The van der Waals surface area contributed by atoms with Crippen LogP contribution in [0.3, 0.4) is 0 Å². The topological polar surface area (TPSA) is 29.5 Å². The molecule has 0 N–H and O–H groups in total. The zero-order valence-corrected chi connectivity index (χ0v) is 9.35. The maximum atomic E-state index is 11.9. The van der Waals surface area contributed by atoms with Gasteiger partial charge in [0, 0.05) is 12.0 Å². The summed E-state index contributed by atoms with van der Waals surface area (Å²) >= 11 is 0. The molecule has 2 fully saturated rings. The van der Waals surface area contributed by atoms with E-state index in [1.165, 1.54) is 0 Å². The molecule has 16 heavy (non-hydrogen) atoms. The van der Waals surface area contributed by atoms with Crippen LogP contribution in [0.25, 0.3) is 0 Å². The summed E-state index contributed by atoms with van der Waals surface area (Å²) in [7, 11) is 0. The first-order valence-corrected chi connectivity index (χ1v) is 5.73. The molecule has 2 heterocycles. The summed E-state index contributed by atoms with van der Waals surface area (Å²) in [4.78, 5) is 13.8. The predicted molar refractivity (Wildman–Crippen MR) is 59.6 cm³/mol. The van der Waals surface area contributed by atoms with Crippen LogP contribution in [0.2, 0.25) is 0 Å². The molecule has 1 aromatic carbocycles. The van der Waals surface area contributed by atoms with Crippen molar-refractivity contribution in [2.75, 3.05) is 6.61 Å². The molecule has 0 saturated carbocycles. The molecule has 0 aromatic heterocycles. The second-order valence-corrected chi connectivity index (χ2v) is 4.62. The average molecular weight is 217 g/mol. The molecule has 2 aliphatic rings. The quantitative estimate of drug-likeness (QED) is 0.718. The standard InChI is InChI=1S/C13H15NO2/c1-13(10-5-3-2-4-6-10)14-11(9-16-13)7-8-12(14)15/h2-6,11H,7-9H2,1H3/t11-,13+/m0/s1. The number of carbonyl (C=O) groups excluding carboxylic acids is 1. The molecule has 3 rings (SSSR count). The fourth-order valence-corrected chi connectivity index (χ4v) is 2.79. The van der Waals surface area contributed by atoms with Crippen molar-refractivity contribution in [2.45, 2.75) is 31.5 Å². The van der Waals surface area contributed by atoms with Crippen molar-refractivity contribution in [1.29, 1.82) is 0 Å². The Morgan fingerprint density at radius 3 is 2.88 bits per heavy atom. The van der Waals surface area contributed by atoms with Crippen LogP contribution in [-0.4, -0.2) is 23.5 Å².